The van der Waals surface area contributed by atoms with E-state index in [-0.39, 0.29) is 6.03 Å². The molecule has 0 radical (unpaired) electrons. The zero-order chi connectivity index (χ0) is 19.3. The Morgan fingerprint density at radius 1 is 1.11 bits per heavy atom. The number of rotatable bonds is 4. The molecule has 144 valence electrons. The van der Waals surface area contributed by atoms with E-state index in [9.17, 15) is 4.79 Å². The van der Waals surface area contributed by atoms with E-state index >= 15 is 0 Å². The number of amides is 2. The third kappa shape index (κ3) is 3.80. The summed E-state index contributed by atoms with van der Waals surface area (Å²) < 4.78 is 5.33. The maximum absolute atomic E-state index is 11.9. The summed E-state index contributed by atoms with van der Waals surface area (Å²) in [4.78, 5) is 24.7. The molecule has 1 saturated heterocycles. The molecule has 8 heteroatoms. The first-order valence-electron chi connectivity index (χ1n) is 9.38. The molecule has 2 amide bonds. The average molecular weight is 378 g/mol. The highest BCUT2D eigenvalue weighted by atomic mass is 16.5. The van der Waals surface area contributed by atoms with Crippen LogP contribution in [0.1, 0.15) is 6.92 Å². The summed E-state index contributed by atoms with van der Waals surface area (Å²) in [6.45, 7) is 5.63. The van der Waals surface area contributed by atoms with Gasteiger partial charge in [-0.2, -0.15) is 4.98 Å². The molecule has 2 aromatic heterocycles. The Balaban J connectivity index is 1.41. The van der Waals surface area contributed by atoms with E-state index in [1.807, 2.05) is 54.3 Å². The molecule has 3 aromatic rings. The van der Waals surface area contributed by atoms with Gasteiger partial charge in [-0.15, -0.1) is 0 Å². The number of carbonyl (C=O) groups excluding carboxylic acids is 1. The van der Waals surface area contributed by atoms with Gasteiger partial charge in [0, 0.05) is 50.2 Å². The van der Waals surface area contributed by atoms with Gasteiger partial charge in [0.2, 0.25) is 5.82 Å². The molecule has 0 bridgehead atoms. The van der Waals surface area contributed by atoms with Crippen LogP contribution in [0.3, 0.4) is 0 Å². The molecular weight excluding hydrogens is 356 g/mol. The van der Waals surface area contributed by atoms with Crippen LogP contribution in [0.25, 0.3) is 23.0 Å². The highest BCUT2D eigenvalue weighted by Crippen LogP contribution is 2.24. The standard InChI is InChI=1S/C20H22N6O2/c1-2-21-20(27)26-13-11-25(12-14-26)16-8-6-15(7-9-16)18-23-19(28-24-18)17-5-3-4-10-22-17/h3-10H,2,11-14H2,1H3,(H,21,27). The second-order valence-corrected chi connectivity index (χ2v) is 6.49. The van der Waals surface area contributed by atoms with Gasteiger partial charge in [0.05, 0.1) is 0 Å². The predicted octanol–water partition coefficient (Wildman–Crippen LogP) is 2.65. The van der Waals surface area contributed by atoms with Crippen LogP contribution < -0.4 is 10.2 Å². The van der Waals surface area contributed by atoms with Gasteiger partial charge in [-0.1, -0.05) is 11.2 Å². The number of nitrogens with zero attached hydrogens (tertiary/aromatic N) is 5. The van der Waals surface area contributed by atoms with Gasteiger partial charge < -0.3 is 19.6 Å². The lowest BCUT2D eigenvalue weighted by Crippen LogP contribution is -2.51. The minimum atomic E-state index is 0.0123. The van der Waals surface area contributed by atoms with Crippen molar-refractivity contribution in [3.63, 3.8) is 0 Å². The number of piperazine rings is 1. The Morgan fingerprint density at radius 3 is 2.57 bits per heavy atom. The Hall–Kier alpha value is -3.42. The smallest absolute Gasteiger partial charge is 0.317 e. The summed E-state index contributed by atoms with van der Waals surface area (Å²) in [5.41, 5.74) is 2.66. The molecule has 0 unspecified atom stereocenters. The monoisotopic (exact) mass is 378 g/mol. The van der Waals surface area contributed by atoms with E-state index in [0.717, 1.165) is 24.3 Å². The van der Waals surface area contributed by atoms with Crippen LogP contribution in [0.5, 0.6) is 0 Å². The lowest BCUT2D eigenvalue weighted by atomic mass is 10.1. The Bertz CT molecular complexity index is 917. The fourth-order valence-electron chi connectivity index (χ4n) is 3.19. The quantitative estimate of drug-likeness (QED) is 0.751. The number of aromatic nitrogens is 3. The predicted molar refractivity (Wildman–Crippen MR) is 106 cm³/mol. The molecular formula is C20H22N6O2. The maximum Gasteiger partial charge on any atom is 0.317 e. The largest absolute Gasteiger partial charge is 0.368 e. The summed E-state index contributed by atoms with van der Waals surface area (Å²) in [5, 5.41) is 6.91. The molecule has 1 aromatic carbocycles. The van der Waals surface area contributed by atoms with Gasteiger partial charge in [-0.25, -0.2) is 4.79 Å². The topological polar surface area (TPSA) is 87.4 Å². The maximum atomic E-state index is 11.9. The van der Waals surface area contributed by atoms with Crippen LogP contribution in [-0.4, -0.2) is 58.8 Å². The fourth-order valence-corrected chi connectivity index (χ4v) is 3.19. The van der Waals surface area contributed by atoms with Crippen LogP contribution in [-0.2, 0) is 0 Å². The first kappa shape index (κ1) is 18.0. The number of anilines is 1. The van der Waals surface area contributed by atoms with Crippen molar-refractivity contribution in [1.82, 2.24) is 25.3 Å². The highest BCUT2D eigenvalue weighted by Gasteiger charge is 2.21. The molecule has 1 aliphatic heterocycles. The molecule has 4 rings (SSSR count). The summed E-state index contributed by atoms with van der Waals surface area (Å²) in [7, 11) is 0. The lowest BCUT2D eigenvalue weighted by molar-refractivity contribution is 0.195. The molecule has 8 nitrogen and oxygen atoms in total. The first-order chi connectivity index (χ1) is 13.7. The van der Waals surface area contributed by atoms with Crippen LogP contribution >= 0.6 is 0 Å². The van der Waals surface area contributed by atoms with Crippen molar-refractivity contribution in [2.24, 2.45) is 0 Å². The lowest BCUT2D eigenvalue weighted by Gasteiger charge is -2.36. The Morgan fingerprint density at radius 2 is 1.89 bits per heavy atom. The fraction of sp³-hybridized carbons (Fsp3) is 0.300. The SMILES string of the molecule is CCNC(=O)N1CCN(c2ccc(-c3noc(-c4ccccn4)n3)cc2)CC1. The van der Waals surface area contributed by atoms with Crippen LogP contribution in [0, 0.1) is 0 Å². The second-order valence-electron chi connectivity index (χ2n) is 6.49. The molecule has 3 heterocycles. The van der Waals surface area contributed by atoms with Crippen molar-refractivity contribution < 1.29 is 9.32 Å². The van der Waals surface area contributed by atoms with Crippen molar-refractivity contribution in [1.29, 1.82) is 0 Å². The summed E-state index contributed by atoms with van der Waals surface area (Å²) in [5.74, 6) is 0.939. The van der Waals surface area contributed by atoms with Crippen molar-refractivity contribution in [2.75, 3.05) is 37.6 Å². The van der Waals surface area contributed by atoms with E-state index in [0.29, 0.717) is 37.0 Å². The van der Waals surface area contributed by atoms with Crippen molar-refractivity contribution in [3.8, 4) is 23.0 Å². The number of hydrogen-bond acceptors (Lipinski definition) is 6. The van der Waals surface area contributed by atoms with Crippen LogP contribution in [0.2, 0.25) is 0 Å². The third-order valence-electron chi connectivity index (χ3n) is 4.70. The van der Waals surface area contributed by atoms with Gasteiger partial charge in [0.1, 0.15) is 5.69 Å². The zero-order valence-corrected chi connectivity index (χ0v) is 15.7. The van der Waals surface area contributed by atoms with Crippen molar-refractivity contribution in [3.05, 3.63) is 48.7 Å². The number of hydrogen-bond donors (Lipinski definition) is 1. The normalized spacial score (nSPS) is 14.2. The number of nitrogens with one attached hydrogen (secondary N) is 1. The molecule has 0 aliphatic carbocycles. The van der Waals surface area contributed by atoms with Crippen LogP contribution in [0.15, 0.2) is 53.2 Å². The van der Waals surface area contributed by atoms with Gasteiger partial charge in [0.25, 0.3) is 5.89 Å². The zero-order valence-electron chi connectivity index (χ0n) is 15.7. The van der Waals surface area contributed by atoms with Crippen molar-refractivity contribution >= 4 is 11.7 Å². The van der Waals surface area contributed by atoms with E-state index < -0.39 is 0 Å². The van der Waals surface area contributed by atoms with E-state index in [1.54, 1.807) is 6.20 Å². The first-order valence-corrected chi connectivity index (χ1v) is 9.38. The summed E-state index contributed by atoms with van der Waals surface area (Å²) in [6, 6.07) is 13.6. The molecule has 0 atom stereocenters. The van der Waals surface area contributed by atoms with Crippen LogP contribution in [0.4, 0.5) is 10.5 Å². The summed E-state index contributed by atoms with van der Waals surface area (Å²) in [6.07, 6.45) is 1.69. The second kappa shape index (κ2) is 8.08. The molecule has 1 aliphatic rings. The Kier molecular flexibility index (Phi) is 5.18. The average Bonchev–Trinajstić information content (AvgIpc) is 3.25. The minimum absolute atomic E-state index is 0.0123. The molecule has 0 spiro atoms. The van der Waals surface area contributed by atoms with Gasteiger partial charge in [-0.3, -0.25) is 4.98 Å². The van der Waals surface area contributed by atoms with Gasteiger partial charge in [-0.05, 0) is 43.3 Å². The summed E-state index contributed by atoms with van der Waals surface area (Å²) >= 11 is 0. The molecule has 1 N–H and O–H groups in total. The number of pyridine rings is 1. The van der Waals surface area contributed by atoms with Gasteiger partial charge >= 0.3 is 6.03 Å². The number of urea groups is 1. The molecule has 0 saturated carbocycles. The van der Waals surface area contributed by atoms with E-state index in [1.165, 1.54) is 0 Å². The number of benzene rings is 1. The Labute approximate surface area is 163 Å². The molecule has 28 heavy (non-hydrogen) atoms. The van der Waals surface area contributed by atoms with Crippen molar-refractivity contribution in [2.45, 2.75) is 6.92 Å². The molecule has 1 fully saturated rings. The minimum Gasteiger partial charge on any atom is -0.368 e. The van der Waals surface area contributed by atoms with E-state index in [2.05, 4.69) is 25.3 Å². The van der Waals surface area contributed by atoms with E-state index in [4.69, 9.17) is 4.52 Å². The van der Waals surface area contributed by atoms with Gasteiger partial charge in [0.15, 0.2) is 0 Å². The highest BCUT2D eigenvalue weighted by molar-refractivity contribution is 5.74. The third-order valence-corrected chi connectivity index (χ3v) is 4.70. The number of carbonyl (C=O) groups is 1.